The van der Waals surface area contributed by atoms with Gasteiger partial charge in [-0.25, -0.2) is 15.0 Å². The monoisotopic (exact) mass is 357 g/mol. The molecule has 0 aliphatic carbocycles. The second kappa shape index (κ2) is 7.41. The van der Waals surface area contributed by atoms with Crippen molar-refractivity contribution in [2.45, 2.75) is 39.3 Å². The van der Waals surface area contributed by atoms with Crippen LogP contribution in [0.25, 0.3) is 0 Å². The maximum Gasteiger partial charge on any atom is 0.288 e. The molecular weight excluding hydrogens is 330 g/mol. The quantitative estimate of drug-likeness (QED) is 0.834. The van der Waals surface area contributed by atoms with Crippen molar-refractivity contribution in [3.8, 4) is 0 Å². The van der Waals surface area contributed by atoms with Crippen molar-refractivity contribution in [1.82, 2.24) is 30.2 Å². The van der Waals surface area contributed by atoms with E-state index in [2.05, 4.69) is 37.4 Å². The average molecular weight is 357 g/mol. The van der Waals surface area contributed by atoms with Crippen LogP contribution in [0.4, 0.5) is 5.82 Å². The van der Waals surface area contributed by atoms with E-state index in [4.69, 9.17) is 0 Å². The lowest BCUT2D eigenvalue weighted by atomic mass is 10.2. The Morgan fingerprint density at radius 3 is 2.77 bits per heavy atom. The first-order valence-electron chi connectivity index (χ1n) is 8.95. The lowest BCUT2D eigenvalue weighted by Gasteiger charge is -2.23. The van der Waals surface area contributed by atoms with E-state index in [1.54, 1.807) is 7.05 Å². The standard InChI is InChI=1S/C18H27N7O/c1-11-12(2)22-16(18(26)19-4)23-17(11)25-7-6-14(9-25)21-13(3)15-8-20-10-24(15)5/h8,10,13-14,21H,6-7,9H2,1-5H3,(H,19,26)/t13?,14-/m1/s1. The van der Waals surface area contributed by atoms with Gasteiger partial charge < -0.3 is 20.1 Å². The van der Waals surface area contributed by atoms with Crippen molar-refractivity contribution in [3.05, 3.63) is 35.3 Å². The predicted molar refractivity (Wildman–Crippen MR) is 100 cm³/mol. The average Bonchev–Trinajstić information content (AvgIpc) is 3.25. The SMILES string of the molecule is CNC(=O)c1nc(C)c(C)c(N2CC[C@@H](NC(C)c3cncn3C)C2)n1. The van der Waals surface area contributed by atoms with Crippen LogP contribution in [0.15, 0.2) is 12.5 Å². The molecule has 1 unspecified atom stereocenters. The fourth-order valence-electron chi connectivity index (χ4n) is 3.45. The maximum absolute atomic E-state index is 11.9. The van der Waals surface area contributed by atoms with Crippen LogP contribution in [-0.2, 0) is 7.05 Å². The fourth-order valence-corrected chi connectivity index (χ4v) is 3.45. The molecule has 2 atom stereocenters. The Balaban J connectivity index is 1.73. The highest BCUT2D eigenvalue weighted by atomic mass is 16.2. The van der Waals surface area contributed by atoms with Crippen molar-refractivity contribution in [1.29, 1.82) is 0 Å². The number of hydrogen-bond donors (Lipinski definition) is 2. The predicted octanol–water partition coefficient (Wildman–Crippen LogP) is 1.12. The van der Waals surface area contributed by atoms with E-state index in [0.29, 0.717) is 6.04 Å². The summed E-state index contributed by atoms with van der Waals surface area (Å²) >= 11 is 0. The van der Waals surface area contributed by atoms with Gasteiger partial charge in [0, 0.05) is 56.7 Å². The van der Waals surface area contributed by atoms with Crippen molar-refractivity contribution in [2.75, 3.05) is 25.0 Å². The maximum atomic E-state index is 11.9. The second-order valence-electron chi connectivity index (χ2n) is 6.91. The second-order valence-corrected chi connectivity index (χ2v) is 6.91. The van der Waals surface area contributed by atoms with Crippen LogP contribution in [0.3, 0.4) is 0 Å². The van der Waals surface area contributed by atoms with E-state index in [1.165, 1.54) is 5.69 Å². The van der Waals surface area contributed by atoms with Gasteiger partial charge in [-0.2, -0.15) is 0 Å². The van der Waals surface area contributed by atoms with Gasteiger partial charge in [-0.3, -0.25) is 4.79 Å². The van der Waals surface area contributed by atoms with E-state index in [1.807, 2.05) is 38.0 Å². The van der Waals surface area contributed by atoms with Gasteiger partial charge in [-0.1, -0.05) is 0 Å². The number of hydrogen-bond acceptors (Lipinski definition) is 6. The van der Waals surface area contributed by atoms with Gasteiger partial charge >= 0.3 is 0 Å². The van der Waals surface area contributed by atoms with Crippen LogP contribution in [0.1, 0.15) is 47.0 Å². The van der Waals surface area contributed by atoms with Crippen LogP contribution in [0.2, 0.25) is 0 Å². The number of aryl methyl sites for hydroxylation is 2. The summed E-state index contributed by atoms with van der Waals surface area (Å²) in [6.07, 6.45) is 4.75. The lowest BCUT2D eigenvalue weighted by molar-refractivity contribution is 0.0952. The Hall–Kier alpha value is -2.48. The zero-order valence-electron chi connectivity index (χ0n) is 16.1. The molecular formula is C18H27N7O. The van der Waals surface area contributed by atoms with Crippen molar-refractivity contribution in [2.24, 2.45) is 7.05 Å². The number of nitrogens with zero attached hydrogens (tertiary/aromatic N) is 5. The van der Waals surface area contributed by atoms with Gasteiger partial charge in [0.2, 0.25) is 5.82 Å². The van der Waals surface area contributed by atoms with Crippen LogP contribution < -0.4 is 15.5 Å². The zero-order valence-corrected chi connectivity index (χ0v) is 16.1. The van der Waals surface area contributed by atoms with Gasteiger partial charge in [0.25, 0.3) is 5.91 Å². The molecule has 2 N–H and O–H groups in total. The summed E-state index contributed by atoms with van der Waals surface area (Å²) in [4.78, 5) is 27.2. The molecule has 0 spiro atoms. The minimum atomic E-state index is -0.256. The Morgan fingerprint density at radius 1 is 1.35 bits per heavy atom. The van der Waals surface area contributed by atoms with Crippen molar-refractivity contribution >= 4 is 11.7 Å². The van der Waals surface area contributed by atoms with Crippen LogP contribution in [0.5, 0.6) is 0 Å². The number of carbonyl (C=O) groups is 1. The lowest BCUT2D eigenvalue weighted by Crippen LogP contribution is -2.35. The van der Waals surface area contributed by atoms with E-state index >= 15 is 0 Å². The third-order valence-electron chi connectivity index (χ3n) is 5.06. The van der Waals surface area contributed by atoms with Crippen LogP contribution in [-0.4, -0.2) is 51.6 Å². The number of rotatable bonds is 5. The molecule has 0 aromatic carbocycles. The fraction of sp³-hybridized carbons (Fsp3) is 0.556. The molecule has 0 saturated carbocycles. The highest BCUT2D eigenvalue weighted by Crippen LogP contribution is 2.25. The molecule has 3 heterocycles. The third-order valence-corrected chi connectivity index (χ3v) is 5.06. The molecule has 8 nitrogen and oxygen atoms in total. The molecule has 1 aliphatic heterocycles. The summed E-state index contributed by atoms with van der Waals surface area (Å²) in [5.41, 5.74) is 3.03. The Labute approximate surface area is 154 Å². The molecule has 2 aromatic rings. The first-order valence-corrected chi connectivity index (χ1v) is 8.95. The summed E-state index contributed by atoms with van der Waals surface area (Å²) in [5.74, 6) is 0.826. The third kappa shape index (κ3) is 3.55. The Bertz CT molecular complexity index is 801. The van der Waals surface area contributed by atoms with E-state index < -0.39 is 0 Å². The van der Waals surface area contributed by atoms with Gasteiger partial charge in [0.05, 0.1) is 12.0 Å². The minimum Gasteiger partial charge on any atom is -0.355 e. The number of amides is 1. The molecule has 140 valence electrons. The Morgan fingerprint density at radius 2 is 2.12 bits per heavy atom. The number of anilines is 1. The molecule has 1 fully saturated rings. The first-order chi connectivity index (χ1) is 12.4. The highest BCUT2D eigenvalue weighted by molar-refractivity contribution is 5.90. The molecule has 1 amide bonds. The van der Waals surface area contributed by atoms with Gasteiger partial charge in [-0.15, -0.1) is 0 Å². The van der Waals surface area contributed by atoms with Gasteiger partial charge in [-0.05, 0) is 27.2 Å². The van der Waals surface area contributed by atoms with E-state index in [0.717, 1.165) is 36.6 Å². The normalized spacial score (nSPS) is 18.2. The molecule has 8 heteroatoms. The summed E-state index contributed by atoms with van der Waals surface area (Å²) in [6, 6.07) is 0.583. The van der Waals surface area contributed by atoms with E-state index in [9.17, 15) is 4.79 Å². The summed E-state index contributed by atoms with van der Waals surface area (Å²) in [6.45, 7) is 7.84. The zero-order chi connectivity index (χ0) is 18.8. The summed E-state index contributed by atoms with van der Waals surface area (Å²) < 4.78 is 2.04. The van der Waals surface area contributed by atoms with E-state index in [-0.39, 0.29) is 17.8 Å². The smallest absolute Gasteiger partial charge is 0.288 e. The Kier molecular flexibility index (Phi) is 5.22. The summed E-state index contributed by atoms with van der Waals surface area (Å²) in [5, 5.41) is 6.28. The van der Waals surface area contributed by atoms with Crippen molar-refractivity contribution in [3.63, 3.8) is 0 Å². The topological polar surface area (TPSA) is 88.0 Å². The number of carbonyl (C=O) groups excluding carboxylic acids is 1. The number of aromatic nitrogens is 4. The summed E-state index contributed by atoms with van der Waals surface area (Å²) in [7, 11) is 3.60. The van der Waals surface area contributed by atoms with Crippen LogP contribution >= 0.6 is 0 Å². The molecule has 1 saturated heterocycles. The highest BCUT2D eigenvalue weighted by Gasteiger charge is 2.27. The van der Waals surface area contributed by atoms with Gasteiger partial charge in [0.15, 0.2) is 0 Å². The molecule has 26 heavy (non-hydrogen) atoms. The largest absolute Gasteiger partial charge is 0.355 e. The molecule has 0 bridgehead atoms. The number of imidazole rings is 1. The molecule has 2 aromatic heterocycles. The molecule has 1 aliphatic rings. The van der Waals surface area contributed by atoms with Gasteiger partial charge in [0.1, 0.15) is 5.82 Å². The number of nitrogens with one attached hydrogen (secondary N) is 2. The van der Waals surface area contributed by atoms with Crippen LogP contribution in [0, 0.1) is 13.8 Å². The minimum absolute atomic E-state index is 0.224. The van der Waals surface area contributed by atoms with Crippen molar-refractivity contribution < 1.29 is 4.79 Å². The first kappa shape index (κ1) is 18.3. The molecule has 0 radical (unpaired) electrons. The molecule has 3 rings (SSSR count).